The van der Waals surface area contributed by atoms with Crippen molar-refractivity contribution in [2.75, 3.05) is 55.1 Å². The van der Waals surface area contributed by atoms with Crippen LogP contribution >= 0.6 is 0 Å². The van der Waals surface area contributed by atoms with Crippen LogP contribution in [-0.4, -0.2) is 70.9 Å². The highest BCUT2D eigenvalue weighted by Crippen LogP contribution is 2.40. The van der Waals surface area contributed by atoms with Crippen molar-refractivity contribution in [2.45, 2.75) is 12.5 Å². The van der Waals surface area contributed by atoms with E-state index < -0.39 is 0 Å². The minimum Gasteiger partial charge on any atom is -0.494 e. The van der Waals surface area contributed by atoms with E-state index in [0.717, 1.165) is 42.1 Å². The summed E-state index contributed by atoms with van der Waals surface area (Å²) < 4.78 is 7.54. The molecular weight excluding hydrogens is 518 g/mol. The number of ether oxygens (including phenoxy) is 1. The van der Waals surface area contributed by atoms with E-state index in [4.69, 9.17) is 4.74 Å². The van der Waals surface area contributed by atoms with Crippen molar-refractivity contribution in [3.8, 4) is 17.0 Å². The fourth-order valence-corrected chi connectivity index (χ4v) is 4.91. The van der Waals surface area contributed by atoms with Gasteiger partial charge in [-0.3, -0.25) is 9.48 Å². The zero-order valence-corrected chi connectivity index (χ0v) is 23.8. The first-order valence-corrected chi connectivity index (χ1v) is 13.4. The summed E-state index contributed by atoms with van der Waals surface area (Å²) in [6, 6.07) is 15.9. The molecule has 1 amide bonds. The Morgan fingerprint density at radius 2 is 1.83 bits per heavy atom. The Balaban J connectivity index is 1.43. The molecule has 1 saturated heterocycles. The Kier molecular flexibility index (Phi) is 8.16. The van der Waals surface area contributed by atoms with Gasteiger partial charge in [-0.1, -0.05) is 24.8 Å². The van der Waals surface area contributed by atoms with Gasteiger partial charge in [0.2, 0.25) is 5.91 Å². The Labute approximate surface area is 239 Å². The number of hydrogen-bond donors (Lipinski definition) is 3. The van der Waals surface area contributed by atoms with Crippen LogP contribution in [0.3, 0.4) is 0 Å². The smallest absolute Gasteiger partial charge is 0.247 e. The van der Waals surface area contributed by atoms with Crippen molar-refractivity contribution in [1.82, 2.24) is 24.6 Å². The van der Waals surface area contributed by atoms with Crippen molar-refractivity contribution in [2.24, 2.45) is 7.05 Å². The lowest BCUT2D eigenvalue weighted by Crippen LogP contribution is -2.31. The summed E-state index contributed by atoms with van der Waals surface area (Å²) in [5.41, 5.74) is 4.89. The Morgan fingerprint density at radius 1 is 1.07 bits per heavy atom. The maximum Gasteiger partial charge on any atom is 0.247 e. The van der Waals surface area contributed by atoms with E-state index in [9.17, 15) is 4.79 Å². The quantitative estimate of drug-likeness (QED) is 0.242. The number of methoxy groups -OCH3 is 1. The zero-order chi connectivity index (χ0) is 28.9. The van der Waals surface area contributed by atoms with Crippen LogP contribution in [-0.2, 0) is 11.8 Å². The van der Waals surface area contributed by atoms with E-state index in [1.165, 1.54) is 12.4 Å². The number of rotatable bonds is 10. The molecule has 0 unspecified atom stereocenters. The van der Waals surface area contributed by atoms with E-state index in [2.05, 4.69) is 61.5 Å². The Morgan fingerprint density at radius 3 is 2.49 bits per heavy atom. The van der Waals surface area contributed by atoms with Crippen molar-refractivity contribution in [3.05, 3.63) is 73.7 Å². The molecule has 2 aromatic carbocycles. The minimum absolute atomic E-state index is 0.286. The number of aromatic nitrogens is 4. The molecule has 212 valence electrons. The van der Waals surface area contributed by atoms with Crippen LogP contribution in [0.1, 0.15) is 6.42 Å². The summed E-state index contributed by atoms with van der Waals surface area (Å²) in [5, 5.41) is 14.2. The highest BCUT2D eigenvalue weighted by atomic mass is 16.5. The summed E-state index contributed by atoms with van der Waals surface area (Å²) in [7, 11) is 7.69. The van der Waals surface area contributed by atoms with E-state index in [1.54, 1.807) is 11.8 Å². The predicted molar refractivity (Wildman–Crippen MR) is 163 cm³/mol. The van der Waals surface area contributed by atoms with Gasteiger partial charge in [0.25, 0.3) is 0 Å². The molecule has 0 saturated carbocycles. The maximum atomic E-state index is 12.4. The standard InChI is InChI=1S/C30H35N9O2/c1-6-30(40)35-24-15-25(27(41-5)16-26(24)39-14-11-20(18-39)37(2)3)34-29-17-28(31-19-32-29)33-22-10-8-7-9-21(22)23-12-13-38(4)36-23/h6-10,12-13,15-17,19-20H,1,11,14,18H2,2-5H3,(H,35,40)(H2,31,32,33,34)/t20-/m0/s1. The second kappa shape index (κ2) is 12.1. The van der Waals surface area contributed by atoms with Gasteiger partial charge in [-0.05, 0) is 44.8 Å². The van der Waals surface area contributed by atoms with E-state index in [1.807, 2.05) is 61.8 Å². The average molecular weight is 554 g/mol. The van der Waals surface area contributed by atoms with Gasteiger partial charge in [-0.15, -0.1) is 0 Å². The van der Waals surface area contributed by atoms with Gasteiger partial charge in [-0.2, -0.15) is 5.10 Å². The first-order chi connectivity index (χ1) is 19.8. The maximum absolute atomic E-state index is 12.4. The second-order valence-electron chi connectivity index (χ2n) is 10.1. The third-order valence-corrected chi connectivity index (χ3v) is 7.10. The summed E-state index contributed by atoms with van der Waals surface area (Å²) in [5.74, 6) is 1.50. The lowest BCUT2D eigenvalue weighted by molar-refractivity contribution is -0.111. The molecule has 0 bridgehead atoms. The van der Waals surface area contributed by atoms with Crippen molar-refractivity contribution >= 4 is 40.3 Å². The average Bonchev–Trinajstić information content (AvgIpc) is 3.63. The Bertz CT molecular complexity index is 1550. The van der Waals surface area contributed by atoms with Crippen LogP contribution in [0.4, 0.5) is 34.4 Å². The SMILES string of the molecule is C=CC(=O)Nc1cc(Nc2cc(Nc3ccccc3-c3ccn(C)n3)ncn2)c(OC)cc1N1CC[C@H](N(C)C)C1. The minimum atomic E-state index is -0.286. The molecule has 3 N–H and O–H groups in total. The number of para-hydroxylation sites is 1. The van der Waals surface area contributed by atoms with E-state index >= 15 is 0 Å². The number of aryl methyl sites for hydroxylation is 1. The second-order valence-corrected chi connectivity index (χ2v) is 10.1. The molecule has 41 heavy (non-hydrogen) atoms. The molecule has 1 aliphatic rings. The summed E-state index contributed by atoms with van der Waals surface area (Å²) in [6.45, 7) is 5.33. The van der Waals surface area contributed by atoms with Gasteiger partial charge < -0.3 is 30.5 Å². The van der Waals surface area contributed by atoms with E-state index in [0.29, 0.717) is 34.8 Å². The molecule has 11 nitrogen and oxygen atoms in total. The van der Waals surface area contributed by atoms with Crippen molar-refractivity contribution in [1.29, 1.82) is 0 Å². The van der Waals surface area contributed by atoms with Crippen molar-refractivity contribution in [3.63, 3.8) is 0 Å². The van der Waals surface area contributed by atoms with Crippen LogP contribution in [0, 0.1) is 0 Å². The molecule has 1 fully saturated rings. The summed E-state index contributed by atoms with van der Waals surface area (Å²) >= 11 is 0. The molecule has 1 aliphatic heterocycles. The largest absolute Gasteiger partial charge is 0.494 e. The predicted octanol–water partition coefficient (Wildman–Crippen LogP) is 4.64. The van der Waals surface area contributed by atoms with Gasteiger partial charge in [0, 0.05) is 55.8 Å². The van der Waals surface area contributed by atoms with Crippen LogP contribution < -0.4 is 25.6 Å². The number of anilines is 6. The van der Waals surface area contributed by atoms with Crippen LogP contribution in [0.25, 0.3) is 11.3 Å². The van der Waals surface area contributed by atoms with Crippen LogP contribution in [0.15, 0.2) is 73.7 Å². The number of nitrogens with zero attached hydrogens (tertiary/aromatic N) is 6. The topological polar surface area (TPSA) is 112 Å². The van der Waals surface area contributed by atoms with Gasteiger partial charge in [0.1, 0.15) is 23.7 Å². The summed E-state index contributed by atoms with van der Waals surface area (Å²) in [6.07, 6.45) is 5.69. The van der Waals surface area contributed by atoms with Crippen LogP contribution in [0.2, 0.25) is 0 Å². The molecule has 2 aromatic heterocycles. The molecule has 0 spiro atoms. The van der Waals surface area contributed by atoms with Gasteiger partial charge in [-0.25, -0.2) is 9.97 Å². The third-order valence-electron chi connectivity index (χ3n) is 7.10. The lowest BCUT2D eigenvalue weighted by Gasteiger charge is -2.25. The number of likely N-dealkylation sites (N-methyl/N-ethyl adjacent to an activating group) is 1. The first-order valence-electron chi connectivity index (χ1n) is 13.4. The molecule has 3 heterocycles. The molecule has 0 aliphatic carbocycles. The highest BCUT2D eigenvalue weighted by Gasteiger charge is 2.27. The molecule has 1 atom stereocenters. The number of nitrogens with one attached hydrogen (secondary N) is 3. The fourth-order valence-electron chi connectivity index (χ4n) is 4.91. The van der Waals surface area contributed by atoms with E-state index in [-0.39, 0.29) is 5.91 Å². The monoisotopic (exact) mass is 553 g/mol. The van der Waals surface area contributed by atoms with Crippen molar-refractivity contribution < 1.29 is 9.53 Å². The Hall–Kier alpha value is -4.90. The number of carbonyl (C=O) groups excluding carboxylic acids is 1. The van der Waals surface area contributed by atoms with Gasteiger partial charge in [0.15, 0.2) is 0 Å². The number of carbonyl (C=O) groups is 1. The number of hydrogen-bond acceptors (Lipinski definition) is 9. The molecular formula is C30H35N9O2. The fraction of sp³-hybridized carbons (Fsp3) is 0.267. The summed E-state index contributed by atoms with van der Waals surface area (Å²) in [4.78, 5) is 25.7. The first kappa shape index (κ1) is 27.7. The molecule has 0 radical (unpaired) electrons. The zero-order valence-electron chi connectivity index (χ0n) is 23.8. The highest BCUT2D eigenvalue weighted by molar-refractivity contribution is 6.02. The number of benzene rings is 2. The van der Waals surface area contributed by atoms with Crippen LogP contribution in [0.5, 0.6) is 5.75 Å². The molecule has 5 rings (SSSR count). The number of amides is 1. The molecule has 11 heteroatoms. The normalized spacial score (nSPS) is 14.7. The van der Waals surface area contributed by atoms with Gasteiger partial charge >= 0.3 is 0 Å². The van der Waals surface area contributed by atoms with Gasteiger partial charge in [0.05, 0.1) is 29.9 Å². The third kappa shape index (κ3) is 6.30. The lowest BCUT2D eigenvalue weighted by atomic mass is 10.1. The molecule has 4 aromatic rings.